The van der Waals surface area contributed by atoms with Gasteiger partial charge in [-0.05, 0) is 70.0 Å². The Morgan fingerprint density at radius 1 is 1.16 bits per heavy atom. The molecule has 1 aromatic heterocycles. The van der Waals surface area contributed by atoms with Gasteiger partial charge in [-0.15, -0.1) is 0 Å². The van der Waals surface area contributed by atoms with E-state index in [1.54, 1.807) is 11.1 Å². The van der Waals surface area contributed by atoms with E-state index in [2.05, 4.69) is 59.5 Å². The fourth-order valence-electron chi connectivity index (χ4n) is 5.69. The first kappa shape index (κ1) is 22.5. The second-order valence-corrected chi connectivity index (χ2v) is 9.53. The number of methoxy groups -OCH3 is 1. The molecular weight excluding hydrogens is 384 g/mol. The third-order valence-corrected chi connectivity index (χ3v) is 7.44. The van der Waals surface area contributed by atoms with E-state index in [4.69, 9.17) is 9.84 Å². The van der Waals surface area contributed by atoms with Gasteiger partial charge in [-0.3, -0.25) is 14.5 Å². The van der Waals surface area contributed by atoms with Crippen molar-refractivity contribution < 1.29 is 4.74 Å². The molecule has 0 amide bonds. The van der Waals surface area contributed by atoms with E-state index < -0.39 is 0 Å². The number of ether oxygens (including phenoxy) is 1. The van der Waals surface area contributed by atoms with Crippen molar-refractivity contribution >= 4 is 0 Å². The van der Waals surface area contributed by atoms with Gasteiger partial charge in [0.1, 0.15) is 0 Å². The van der Waals surface area contributed by atoms with Crippen LogP contribution in [0.5, 0.6) is 0 Å². The van der Waals surface area contributed by atoms with Crippen LogP contribution >= 0.6 is 0 Å². The number of hydrogen-bond donors (Lipinski definition) is 0. The van der Waals surface area contributed by atoms with Crippen LogP contribution in [0.2, 0.25) is 0 Å². The average Bonchev–Trinajstić information content (AvgIpc) is 3.34. The molecule has 0 N–H and O–H groups in total. The van der Waals surface area contributed by atoms with Crippen molar-refractivity contribution in [2.75, 3.05) is 39.9 Å². The van der Waals surface area contributed by atoms with Crippen LogP contribution in [-0.2, 0) is 30.7 Å². The van der Waals surface area contributed by atoms with Gasteiger partial charge in [0.15, 0.2) is 0 Å². The van der Waals surface area contributed by atoms with Crippen LogP contribution in [0.25, 0.3) is 0 Å². The SMILES string of the molecule is CCn1nc(C)c(CN(CCOC)CC2CCCN(C3Cc4ccccc4C3)C2)c1C. The molecule has 5 heteroatoms. The van der Waals surface area contributed by atoms with E-state index in [0.29, 0.717) is 6.04 Å². The Bertz CT molecular complexity index is 836. The zero-order valence-corrected chi connectivity index (χ0v) is 19.9. The van der Waals surface area contributed by atoms with E-state index in [9.17, 15) is 0 Å². The third kappa shape index (κ3) is 5.21. The van der Waals surface area contributed by atoms with Gasteiger partial charge in [-0.2, -0.15) is 5.10 Å². The number of aromatic nitrogens is 2. The Hall–Kier alpha value is -1.69. The molecule has 0 spiro atoms. The van der Waals surface area contributed by atoms with Gasteiger partial charge in [-0.1, -0.05) is 24.3 Å². The number of likely N-dealkylation sites (tertiary alicyclic amines) is 1. The number of aryl methyl sites for hydroxylation is 2. The summed E-state index contributed by atoms with van der Waals surface area (Å²) in [6, 6.07) is 9.73. The van der Waals surface area contributed by atoms with Crippen LogP contribution in [0.4, 0.5) is 0 Å². The highest BCUT2D eigenvalue weighted by Crippen LogP contribution is 2.29. The topological polar surface area (TPSA) is 33.5 Å². The lowest BCUT2D eigenvalue weighted by molar-refractivity contribution is 0.0842. The molecule has 0 bridgehead atoms. The Balaban J connectivity index is 1.39. The van der Waals surface area contributed by atoms with E-state index in [1.165, 1.54) is 55.7 Å². The minimum absolute atomic E-state index is 0.694. The van der Waals surface area contributed by atoms with Crippen molar-refractivity contribution in [1.29, 1.82) is 0 Å². The summed E-state index contributed by atoms with van der Waals surface area (Å²) in [4.78, 5) is 5.40. The number of rotatable bonds is 9. The quantitative estimate of drug-likeness (QED) is 0.612. The van der Waals surface area contributed by atoms with Crippen molar-refractivity contribution in [1.82, 2.24) is 19.6 Å². The predicted molar refractivity (Wildman–Crippen MR) is 126 cm³/mol. The van der Waals surface area contributed by atoms with Crippen LogP contribution in [0.3, 0.4) is 0 Å². The fourth-order valence-corrected chi connectivity index (χ4v) is 5.69. The van der Waals surface area contributed by atoms with Gasteiger partial charge < -0.3 is 4.74 Å². The first-order valence-electron chi connectivity index (χ1n) is 12.1. The summed E-state index contributed by atoms with van der Waals surface area (Å²) in [5, 5.41) is 4.74. The molecule has 1 unspecified atom stereocenters. The van der Waals surface area contributed by atoms with Gasteiger partial charge in [0.05, 0.1) is 12.3 Å². The maximum absolute atomic E-state index is 5.45. The number of piperidine rings is 1. The Labute approximate surface area is 188 Å². The molecule has 1 atom stereocenters. The van der Waals surface area contributed by atoms with E-state index >= 15 is 0 Å². The lowest BCUT2D eigenvalue weighted by atomic mass is 9.95. The zero-order chi connectivity index (χ0) is 21.8. The molecule has 170 valence electrons. The van der Waals surface area contributed by atoms with Crippen molar-refractivity contribution in [3.05, 3.63) is 52.3 Å². The monoisotopic (exact) mass is 424 g/mol. The zero-order valence-electron chi connectivity index (χ0n) is 19.9. The summed E-state index contributed by atoms with van der Waals surface area (Å²) < 4.78 is 7.59. The lowest BCUT2D eigenvalue weighted by Crippen LogP contribution is -2.46. The highest BCUT2D eigenvalue weighted by atomic mass is 16.5. The summed E-state index contributed by atoms with van der Waals surface area (Å²) in [7, 11) is 1.81. The maximum Gasteiger partial charge on any atom is 0.0641 e. The predicted octanol–water partition coefficient (Wildman–Crippen LogP) is 3.85. The highest BCUT2D eigenvalue weighted by molar-refractivity contribution is 5.33. The Kier molecular flexibility index (Phi) is 7.47. The largest absolute Gasteiger partial charge is 0.383 e. The van der Waals surface area contributed by atoms with Crippen molar-refractivity contribution in [3.8, 4) is 0 Å². The summed E-state index contributed by atoms with van der Waals surface area (Å²) in [5.74, 6) is 0.733. The minimum atomic E-state index is 0.694. The lowest BCUT2D eigenvalue weighted by Gasteiger charge is -2.38. The van der Waals surface area contributed by atoms with Gasteiger partial charge >= 0.3 is 0 Å². The standard InChI is InChI=1S/C26H40N4O/c1-5-30-21(3)26(20(2)27-30)19-28(13-14-31-4)17-22-9-8-12-29(18-22)25-15-23-10-6-7-11-24(23)16-25/h6-7,10-11,22,25H,5,8-9,12-19H2,1-4H3. The molecule has 31 heavy (non-hydrogen) atoms. The van der Waals surface area contributed by atoms with E-state index in [-0.39, 0.29) is 0 Å². The van der Waals surface area contributed by atoms with Crippen LogP contribution in [0, 0.1) is 19.8 Å². The molecular formula is C26H40N4O. The highest BCUT2D eigenvalue weighted by Gasteiger charge is 2.31. The second-order valence-electron chi connectivity index (χ2n) is 9.53. The maximum atomic E-state index is 5.45. The van der Waals surface area contributed by atoms with Gasteiger partial charge in [0.25, 0.3) is 0 Å². The molecule has 1 aromatic carbocycles. The number of fused-ring (bicyclic) bond motifs is 1. The van der Waals surface area contributed by atoms with Crippen molar-refractivity contribution in [2.24, 2.45) is 5.92 Å². The molecule has 1 fully saturated rings. The molecule has 2 aliphatic rings. The molecule has 0 saturated carbocycles. The number of benzene rings is 1. The molecule has 5 nitrogen and oxygen atoms in total. The van der Waals surface area contributed by atoms with E-state index in [1.807, 2.05) is 7.11 Å². The first-order valence-corrected chi connectivity index (χ1v) is 12.1. The Morgan fingerprint density at radius 3 is 2.55 bits per heavy atom. The third-order valence-electron chi connectivity index (χ3n) is 7.44. The van der Waals surface area contributed by atoms with Crippen molar-refractivity contribution in [3.63, 3.8) is 0 Å². The van der Waals surface area contributed by atoms with E-state index in [0.717, 1.165) is 38.7 Å². The molecule has 2 heterocycles. The molecule has 1 aliphatic heterocycles. The molecule has 0 radical (unpaired) electrons. The molecule has 1 saturated heterocycles. The van der Waals surface area contributed by atoms with Crippen LogP contribution in [0.15, 0.2) is 24.3 Å². The normalized spacial score (nSPS) is 20.0. The average molecular weight is 425 g/mol. The smallest absolute Gasteiger partial charge is 0.0641 e. The van der Waals surface area contributed by atoms with Crippen LogP contribution < -0.4 is 0 Å². The van der Waals surface area contributed by atoms with Gasteiger partial charge in [0.2, 0.25) is 0 Å². The van der Waals surface area contributed by atoms with Crippen LogP contribution in [0.1, 0.15) is 47.8 Å². The summed E-state index contributed by atoms with van der Waals surface area (Å²) in [5.41, 5.74) is 7.02. The number of hydrogen-bond acceptors (Lipinski definition) is 4. The second kappa shape index (κ2) is 10.3. The fraction of sp³-hybridized carbons (Fsp3) is 0.654. The van der Waals surface area contributed by atoms with Gasteiger partial charge in [0, 0.05) is 57.1 Å². The number of nitrogens with zero attached hydrogens (tertiary/aromatic N) is 4. The first-order chi connectivity index (χ1) is 15.1. The molecule has 4 rings (SSSR count). The van der Waals surface area contributed by atoms with Gasteiger partial charge in [-0.25, -0.2) is 0 Å². The Morgan fingerprint density at radius 2 is 1.90 bits per heavy atom. The summed E-state index contributed by atoms with van der Waals surface area (Å²) >= 11 is 0. The minimum Gasteiger partial charge on any atom is -0.383 e. The molecule has 2 aromatic rings. The molecule has 1 aliphatic carbocycles. The van der Waals surface area contributed by atoms with Crippen LogP contribution in [-0.4, -0.2) is 65.5 Å². The summed E-state index contributed by atoms with van der Waals surface area (Å²) in [6.07, 6.45) is 5.11. The van der Waals surface area contributed by atoms with Crippen molar-refractivity contribution in [2.45, 2.75) is 65.6 Å². The summed E-state index contributed by atoms with van der Waals surface area (Å²) in [6.45, 7) is 13.9.